The molecule has 0 aromatic carbocycles. The predicted octanol–water partition coefficient (Wildman–Crippen LogP) is 6.70. The number of carbonyl (C=O) groups is 12. The van der Waals surface area contributed by atoms with Crippen molar-refractivity contribution in [1.82, 2.24) is 60.0 Å². The Morgan fingerprint density at radius 1 is 0.697 bits per heavy atom. The summed E-state index contributed by atoms with van der Waals surface area (Å²) < 4.78 is 90.8. The predicted molar refractivity (Wildman–Crippen MR) is 393 cm³/mol. The van der Waals surface area contributed by atoms with Crippen LogP contribution in [0.3, 0.4) is 0 Å². The number of carbonyl (C=O) groups excluding carboxylic acids is 12. The second-order valence-electron chi connectivity index (χ2n) is 33.3. The fraction of sp³-hybridized carbons (Fsp3) is 0.795. The number of hydrogen-bond donors (Lipinski definition) is 3. The zero-order valence-corrected chi connectivity index (χ0v) is 66.4. The summed E-state index contributed by atoms with van der Waals surface area (Å²) in [5.74, 6) is -12.3. The van der Waals surface area contributed by atoms with Crippen LogP contribution in [0.15, 0.2) is 12.2 Å². The lowest BCUT2D eigenvalue weighted by Crippen LogP contribution is -2.71. The summed E-state index contributed by atoms with van der Waals surface area (Å²) in [5.41, 5.74) is -2.22. The molecule has 612 valence electrons. The number of rotatable bonds is 13. The first-order chi connectivity index (χ1) is 51.0. The fourth-order valence-electron chi connectivity index (χ4n) is 18.1. The number of likely N-dealkylation sites (N-methyl/N-ethyl adjacent to an activating group) is 7. The molecule has 6 fully saturated rings. The number of terminal acetylenes is 1. The molecule has 0 aromatic rings. The summed E-state index contributed by atoms with van der Waals surface area (Å²) in [7, 11) is 10.8. The van der Waals surface area contributed by atoms with Crippen LogP contribution in [0.1, 0.15) is 189 Å². The van der Waals surface area contributed by atoms with Gasteiger partial charge in [-0.1, -0.05) is 73.0 Å². The van der Waals surface area contributed by atoms with Crippen molar-refractivity contribution in [3.63, 3.8) is 0 Å². The van der Waals surface area contributed by atoms with E-state index in [2.05, 4.69) is 21.9 Å². The molecule has 25 nitrogen and oxygen atoms in total. The highest BCUT2D eigenvalue weighted by atomic mass is 19.4. The van der Waals surface area contributed by atoms with E-state index in [9.17, 15) is 55.1 Å². The zero-order valence-electron chi connectivity index (χ0n) is 66.4. The monoisotopic (exact) mass is 1550 g/mol. The number of hydrogen-bond acceptors (Lipinski definition) is 13. The van der Waals surface area contributed by atoms with E-state index in [0.717, 1.165) is 24.5 Å². The number of nitrogens with one attached hydrogen (secondary N) is 3. The van der Waals surface area contributed by atoms with Gasteiger partial charge in [-0.15, -0.1) is 12.3 Å². The lowest BCUT2D eigenvalue weighted by Gasteiger charge is -2.54. The topological polar surface area (TPSA) is 279 Å². The molecule has 3 unspecified atom stereocenters. The van der Waals surface area contributed by atoms with Crippen LogP contribution in [0.25, 0.3) is 0 Å². The molecular formula is C78H120F6N12O13. The van der Waals surface area contributed by atoms with Crippen LogP contribution in [-0.4, -0.2) is 276 Å². The van der Waals surface area contributed by atoms with Crippen molar-refractivity contribution in [1.29, 1.82) is 0 Å². The van der Waals surface area contributed by atoms with E-state index in [1.807, 2.05) is 27.7 Å². The maximum Gasteiger partial charge on any atom is 0.394 e. The Bertz CT molecular complexity index is 3350. The molecule has 0 radical (unpaired) electrons. The van der Waals surface area contributed by atoms with Crippen molar-refractivity contribution >= 4 is 70.9 Å². The maximum absolute atomic E-state index is 15.8. The summed E-state index contributed by atoms with van der Waals surface area (Å²) in [6.45, 7) is 9.57. The van der Waals surface area contributed by atoms with Gasteiger partial charge in [0.05, 0.1) is 37.5 Å². The number of nitrogens with zero attached hydrogens (tertiary/aromatic N) is 9. The standard InChI is InChI=1S/C78H120F6N12O13/c1-16-24-55-66(100)86-64(48(5)18-3)72(106)90(10)44-63(99)92(12)56-27-20-19-23-37-95(71(56)105)59(39-49-28-32-52(33-29-49)77(79,80)81)70(104)89(9)43-61(97)85-54(35-31-50-30-34-53(78(82,83)84)60(40-50)109-15)68(102)96-42-47(4)38-57(96)67(101)87-76(45-75(6,7)46-76)74(108)94(14)65(51-25-21-22-26-51)73(107)93(13)58(41-62(98)91(55)11)69(103)88(8)36-17-2/h1,19-20,47-60,64-65H,17-18,21-46H2,2-15H3,(H,85,97)(H,86,100)(H,87,101)/b20-19-/t47-,48-,49?,50?,52?,53?,54-,55-,56-,57-,58-,59-,60?,64-,65-/m0/s1. The van der Waals surface area contributed by atoms with E-state index in [4.69, 9.17) is 11.2 Å². The molecule has 4 saturated carbocycles. The van der Waals surface area contributed by atoms with Gasteiger partial charge in [0.15, 0.2) is 0 Å². The second kappa shape index (κ2) is 37.7. The van der Waals surface area contributed by atoms with Crippen molar-refractivity contribution in [3.05, 3.63) is 12.2 Å². The van der Waals surface area contributed by atoms with Crippen LogP contribution in [0.5, 0.6) is 0 Å². The minimum absolute atomic E-state index is 0.0225. The van der Waals surface area contributed by atoms with Crippen LogP contribution in [0.2, 0.25) is 0 Å². The molecule has 109 heavy (non-hydrogen) atoms. The molecule has 12 amide bonds. The van der Waals surface area contributed by atoms with Gasteiger partial charge >= 0.3 is 12.4 Å². The van der Waals surface area contributed by atoms with Crippen LogP contribution in [0, 0.1) is 59.2 Å². The van der Waals surface area contributed by atoms with Gasteiger partial charge in [0.25, 0.3) is 0 Å². The third kappa shape index (κ3) is 21.6. The second-order valence-corrected chi connectivity index (χ2v) is 33.3. The maximum atomic E-state index is 15.8. The molecule has 3 heterocycles. The average Bonchev–Trinajstić information content (AvgIpc) is 1.29. The van der Waals surface area contributed by atoms with E-state index in [0.29, 0.717) is 38.5 Å². The molecule has 4 aliphatic carbocycles. The van der Waals surface area contributed by atoms with E-state index < -0.39 is 204 Å². The highest BCUT2D eigenvalue weighted by Crippen LogP contribution is 2.50. The van der Waals surface area contributed by atoms with Gasteiger partial charge in [0.2, 0.25) is 70.9 Å². The first-order valence-electron chi connectivity index (χ1n) is 39.1. The molecule has 0 aromatic heterocycles. The van der Waals surface area contributed by atoms with Crippen molar-refractivity contribution in [3.8, 4) is 12.3 Å². The molecule has 2 saturated heterocycles. The third-order valence-electron chi connectivity index (χ3n) is 24.6. The highest BCUT2D eigenvalue weighted by molar-refractivity contribution is 6.01. The van der Waals surface area contributed by atoms with Crippen LogP contribution in [-0.2, 0) is 62.3 Å². The molecule has 7 aliphatic rings. The summed E-state index contributed by atoms with van der Waals surface area (Å²) in [5, 5.41) is 8.64. The Labute approximate surface area is 639 Å². The van der Waals surface area contributed by atoms with Crippen molar-refractivity contribution in [2.45, 2.75) is 262 Å². The van der Waals surface area contributed by atoms with Crippen LogP contribution >= 0.6 is 0 Å². The van der Waals surface area contributed by atoms with Gasteiger partial charge < -0.3 is 64.8 Å². The molecule has 3 aliphatic heterocycles. The van der Waals surface area contributed by atoms with Crippen LogP contribution in [0.4, 0.5) is 26.3 Å². The summed E-state index contributed by atoms with van der Waals surface area (Å²) in [6.07, 6.45) is 0.697. The minimum atomic E-state index is -4.56. The van der Waals surface area contributed by atoms with Gasteiger partial charge in [-0.05, 0) is 151 Å². The number of amides is 12. The van der Waals surface area contributed by atoms with Gasteiger partial charge in [0.1, 0.15) is 53.9 Å². The number of methoxy groups -OCH3 is 1. The number of halogens is 6. The zero-order chi connectivity index (χ0) is 81.1. The third-order valence-corrected chi connectivity index (χ3v) is 24.6. The first kappa shape index (κ1) is 88.7. The van der Waals surface area contributed by atoms with Gasteiger partial charge in [-0.3, -0.25) is 57.5 Å². The minimum Gasteiger partial charge on any atom is -0.381 e. The van der Waals surface area contributed by atoms with Crippen molar-refractivity contribution in [2.75, 3.05) is 89.2 Å². The summed E-state index contributed by atoms with van der Waals surface area (Å²) >= 11 is 0. The summed E-state index contributed by atoms with van der Waals surface area (Å²) in [6, 6.07) is -11.1. The lowest BCUT2D eigenvalue weighted by atomic mass is 9.58. The highest BCUT2D eigenvalue weighted by Gasteiger charge is 2.59. The number of fused-ring (bicyclic) bond motifs is 3. The first-order valence-corrected chi connectivity index (χ1v) is 39.1. The van der Waals surface area contributed by atoms with E-state index in [-0.39, 0.29) is 128 Å². The fourth-order valence-corrected chi connectivity index (χ4v) is 18.1. The normalized spacial score (nSPS) is 31.5. The Morgan fingerprint density at radius 2 is 1.33 bits per heavy atom. The van der Waals surface area contributed by atoms with Crippen LogP contribution < -0.4 is 16.0 Å². The van der Waals surface area contributed by atoms with Crippen molar-refractivity contribution in [2.24, 2.45) is 46.8 Å². The molecular weight excluding hydrogens is 1430 g/mol. The lowest BCUT2D eigenvalue weighted by molar-refractivity contribution is -0.215. The Hall–Kier alpha value is -7.52. The van der Waals surface area contributed by atoms with E-state index >= 15 is 28.8 Å². The van der Waals surface area contributed by atoms with Gasteiger partial charge in [-0.25, -0.2) is 0 Å². The molecule has 31 heteroatoms. The average molecular weight is 1550 g/mol. The van der Waals surface area contributed by atoms with E-state index in [1.165, 1.54) is 76.0 Å². The SMILES string of the molecule is C#CC[C@H]1C(=O)N[C@@H]([C@@H](C)CC)C(=O)N(C)CC(=O)N(C)[C@H]2C/C=C\CCN(C2=O)[C@@H](CC2CCC(C(F)(F)F)CC2)C(=O)N(C)CC(=O)N[C@@H](CCC2CCC(C(F)(F)F)C(OC)C2)C(=O)N2C[C@@H](C)C[C@H]2C(=O)NC2(CC(C)(C)C2)C(=O)N(C)[C@@H](C2CCCC2)C(=O)N(C)[C@H](C(=O)N(C)CCC)CC(=O)N1C. The molecule has 13 atom stereocenters. The Balaban J connectivity index is 1.33. The van der Waals surface area contributed by atoms with Gasteiger partial charge in [-0.2, -0.15) is 26.3 Å². The molecule has 3 N–H and O–H groups in total. The largest absolute Gasteiger partial charge is 0.394 e. The van der Waals surface area contributed by atoms with Crippen molar-refractivity contribution < 1.29 is 88.6 Å². The molecule has 2 bridgehead atoms. The number of ether oxygens (including phenoxy) is 1. The Morgan fingerprint density at radius 3 is 1.92 bits per heavy atom. The Kier molecular flexibility index (Phi) is 30.6. The smallest absolute Gasteiger partial charge is 0.381 e. The molecule has 7 rings (SSSR count). The summed E-state index contributed by atoms with van der Waals surface area (Å²) in [4.78, 5) is 193. The number of alkyl halides is 6. The quantitative estimate of drug-likeness (QED) is 0.0984. The van der Waals surface area contributed by atoms with E-state index in [1.54, 1.807) is 26.0 Å². The molecule has 1 spiro atoms. The van der Waals surface area contributed by atoms with Gasteiger partial charge in [0, 0.05) is 82.5 Å².